The molecule has 0 amide bonds. The normalized spacial score (nSPS) is 11.2. The number of guanidine groups is 1. The molecule has 0 radical (unpaired) electrons. The molecular weight excluding hydrogens is 459 g/mol. The van der Waals surface area contributed by atoms with Gasteiger partial charge in [0.15, 0.2) is 5.96 Å². The Hall–Kier alpha value is -1.35. The molecule has 1 aromatic heterocycles. The molecule has 26 heavy (non-hydrogen) atoms. The van der Waals surface area contributed by atoms with Crippen molar-refractivity contribution in [3.63, 3.8) is 0 Å². The van der Waals surface area contributed by atoms with E-state index in [0.29, 0.717) is 19.1 Å². The highest BCUT2D eigenvalue weighted by molar-refractivity contribution is 14.0. The van der Waals surface area contributed by atoms with E-state index >= 15 is 0 Å². The first-order chi connectivity index (χ1) is 12.1. The van der Waals surface area contributed by atoms with E-state index in [4.69, 9.17) is 4.74 Å². The zero-order chi connectivity index (χ0) is 18.1. The van der Waals surface area contributed by atoms with E-state index in [9.17, 15) is 0 Å². The standard InChI is InChI=1S/C19H28N4OS.HI/c1-14(2)16-5-7-18(8-6-16)24-12-11-22-19(20-4)21-10-9-17-13-25-15(3)23-17;/h5-8,13-14H,9-12H2,1-4H3,(H2,20,21,22);1H. The number of aryl methyl sites for hydroxylation is 1. The third-order valence-corrected chi connectivity index (χ3v) is 4.60. The molecule has 1 aromatic carbocycles. The van der Waals surface area contributed by atoms with Crippen LogP contribution < -0.4 is 15.4 Å². The number of hydrogen-bond acceptors (Lipinski definition) is 4. The van der Waals surface area contributed by atoms with Gasteiger partial charge in [-0.2, -0.15) is 0 Å². The van der Waals surface area contributed by atoms with Gasteiger partial charge in [-0.1, -0.05) is 26.0 Å². The predicted octanol–water partition coefficient (Wildman–Crippen LogP) is 3.98. The molecule has 0 saturated heterocycles. The summed E-state index contributed by atoms with van der Waals surface area (Å²) in [6.07, 6.45) is 0.893. The second-order valence-electron chi connectivity index (χ2n) is 6.11. The Morgan fingerprint density at radius 1 is 1.19 bits per heavy atom. The third kappa shape index (κ3) is 7.90. The fraction of sp³-hybridized carbons (Fsp3) is 0.474. The van der Waals surface area contributed by atoms with Crippen molar-refractivity contribution in [2.75, 3.05) is 26.7 Å². The first-order valence-corrected chi connectivity index (χ1v) is 9.54. The number of halogens is 1. The van der Waals surface area contributed by atoms with Gasteiger partial charge < -0.3 is 15.4 Å². The summed E-state index contributed by atoms with van der Waals surface area (Å²) in [5.41, 5.74) is 2.45. The predicted molar refractivity (Wildman–Crippen MR) is 121 cm³/mol. The first-order valence-electron chi connectivity index (χ1n) is 8.66. The van der Waals surface area contributed by atoms with Crippen LogP contribution in [-0.2, 0) is 6.42 Å². The Bertz CT molecular complexity index is 670. The fourth-order valence-corrected chi connectivity index (χ4v) is 2.99. The van der Waals surface area contributed by atoms with Crippen molar-refractivity contribution in [3.05, 3.63) is 45.9 Å². The van der Waals surface area contributed by atoms with Crippen molar-refractivity contribution in [1.29, 1.82) is 0 Å². The van der Waals surface area contributed by atoms with Gasteiger partial charge in [-0.3, -0.25) is 4.99 Å². The molecule has 0 fully saturated rings. The minimum absolute atomic E-state index is 0. The smallest absolute Gasteiger partial charge is 0.191 e. The molecule has 0 aliphatic carbocycles. The molecule has 2 rings (SSSR count). The quantitative estimate of drug-likeness (QED) is 0.256. The van der Waals surface area contributed by atoms with Gasteiger partial charge in [-0.05, 0) is 30.5 Å². The summed E-state index contributed by atoms with van der Waals surface area (Å²) in [4.78, 5) is 8.68. The molecule has 5 nitrogen and oxygen atoms in total. The maximum atomic E-state index is 5.76. The summed E-state index contributed by atoms with van der Waals surface area (Å²) in [6.45, 7) is 8.50. The summed E-state index contributed by atoms with van der Waals surface area (Å²) in [7, 11) is 1.77. The van der Waals surface area contributed by atoms with Gasteiger partial charge in [0.25, 0.3) is 0 Å². The molecule has 0 saturated carbocycles. The van der Waals surface area contributed by atoms with Crippen molar-refractivity contribution in [2.24, 2.45) is 4.99 Å². The molecule has 2 aromatic rings. The van der Waals surface area contributed by atoms with Gasteiger partial charge in [0.05, 0.1) is 17.2 Å². The minimum atomic E-state index is 0. The average Bonchev–Trinajstić information content (AvgIpc) is 3.02. The Morgan fingerprint density at radius 3 is 2.46 bits per heavy atom. The first kappa shape index (κ1) is 22.7. The second-order valence-corrected chi connectivity index (χ2v) is 7.17. The van der Waals surface area contributed by atoms with E-state index in [1.807, 2.05) is 19.1 Å². The second kappa shape index (κ2) is 12.1. The molecule has 0 atom stereocenters. The average molecular weight is 488 g/mol. The molecule has 0 aliphatic heterocycles. The van der Waals surface area contributed by atoms with E-state index in [0.717, 1.165) is 35.4 Å². The number of ether oxygens (including phenoxy) is 1. The van der Waals surface area contributed by atoms with Crippen LogP contribution in [0.2, 0.25) is 0 Å². The summed E-state index contributed by atoms with van der Waals surface area (Å²) in [5, 5.41) is 9.76. The summed E-state index contributed by atoms with van der Waals surface area (Å²) in [5.74, 6) is 2.22. The zero-order valence-corrected chi connectivity index (χ0v) is 19.1. The molecule has 0 unspecified atom stereocenters. The van der Waals surface area contributed by atoms with E-state index in [2.05, 4.69) is 52.0 Å². The number of aliphatic imine (C=N–C) groups is 1. The van der Waals surface area contributed by atoms with Crippen LogP contribution >= 0.6 is 35.3 Å². The Balaban J connectivity index is 0.00000338. The van der Waals surface area contributed by atoms with E-state index in [1.54, 1.807) is 18.4 Å². The van der Waals surface area contributed by atoms with Gasteiger partial charge >= 0.3 is 0 Å². The number of hydrogen-bond donors (Lipinski definition) is 2. The van der Waals surface area contributed by atoms with Gasteiger partial charge in [0.2, 0.25) is 0 Å². The van der Waals surface area contributed by atoms with Gasteiger partial charge in [0.1, 0.15) is 12.4 Å². The van der Waals surface area contributed by atoms with Crippen molar-refractivity contribution in [1.82, 2.24) is 15.6 Å². The molecule has 2 N–H and O–H groups in total. The number of nitrogens with one attached hydrogen (secondary N) is 2. The van der Waals surface area contributed by atoms with Crippen LogP contribution in [0.4, 0.5) is 0 Å². The molecule has 1 heterocycles. The number of aromatic nitrogens is 1. The van der Waals surface area contributed by atoms with Gasteiger partial charge in [-0.25, -0.2) is 4.98 Å². The van der Waals surface area contributed by atoms with Crippen LogP contribution in [-0.4, -0.2) is 37.7 Å². The Morgan fingerprint density at radius 2 is 1.88 bits per heavy atom. The van der Waals surface area contributed by atoms with Crippen LogP contribution in [0.5, 0.6) is 5.75 Å². The van der Waals surface area contributed by atoms with Crippen LogP contribution in [0.15, 0.2) is 34.6 Å². The molecule has 0 bridgehead atoms. The highest BCUT2D eigenvalue weighted by Gasteiger charge is 2.02. The molecule has 7 heteroatoms. The maximum absolute atomic E-state index is 5.76. The van der Waals surface area contributed by atoms with Gasteiger partial charge in [-0.15, -0.1) is 35.3 Å². The lowest BCUT2D eigenvalue weighted by molar-refractivity contribution is 0.322. The maximum Gasteiger partial charge on any atom is 0.191 e. The van der Waals surface area contributed by atoms with Gasteiger partial charge in [0, 0.05) is 25.4 Å². The Kier molecular flexibility index (Phi) is 10.6. The largest absolute Gasteiger partial charge is 0.492 e. The van der Waals surface area contributed by atoms with Crippen molar-refractivity contribution in [2.45, 2.75) is 33.1 Å². The van der Waals surface area contributed by atoms with Crippen LogP contribution in [0.25, 0.3) is 0 Å². The molecule has 0 spiro atoms. The molecular formula is C19H29IN4OS. The number of benzene rings is 1. The number of thiazole rings is 1. The van der Waals surface area contributed by atoms with Crippen LogP contribution in [0.3, 0.4) is 0 Å². The van der Waals surface area contributed by atoms with Crippen LogP contribution in [0, 0.1) is 6.92 Å². The number of rotatable bonds is 8. The monoisotopic (exact) mass is 488 g/mol. The SMILES string of the molecule is CN=C(NCCOc1ccc(C(C)C)cc1)NCCc1csc(C)n1.I. The summed E-state index contributed by atoms with van der Waals surface area (Å²) in [6, 6.07) is 8.29. The van der Waals surface area contributed by atoms with E-state index < -0.39 is 0 Å². The van der Waals surface area contributed by atoms with Crippen LogP contribution in [0.1, 0.15) is 36.0 Å². The zero-order valence-electron chi connectivity index (χ0n) is 15.9. The highest BCUT2D eigenvalue weighted by Crippen LogP contribution is 2.18. The molecule has 144 valence electrons. The highest BCUT2D eigenvalue weighted by atomic mass is 127. The number of nitrogens with zero attached hydrogens (tertiary/aromatic N) is 2. The lowest BCUT2D eigenvalue weighted by Crippen LogP contribution is -2.40. The minimum Gasteiger partial charge on any atom is -0.492 e. The lowest BCUT2D eigenvalue weighted by atomic mass is 10.0. The van der Waals surface area contributed by atoms with E-state index in [1.165, 1.54) is 5.56 Å². The lowest BCUT2D eigenvalue weighted by Gasteiger charge is -2.12. The van der Waals surface area contributed by atoms with Crippen molar-refractivity contribution >= 4 is 41.3 Å². The molecule has 0 aliphatic rings. The summed E-state index contributed by atoms with van der Waals surface area (Å²) >= 11 is 1.68. The summed E-state index contributed by atoms with van der Waals surface area (Å²) < 4.78 is 5.76. The van der Waals surface area contributed by atoms with E-state index in [-0.39, 0.29) is 24.0 Å². The Labute approximate surface area is 177 Å². The third-order valence-electron chi connectivity index (χ3n) is 3.77. The van der Waals surface area contributed by atoms with Crippen molar-refractivity contribution in [3.8, 4) is 5.75 Å². The fourth-order valence-electron chi connectivity index (χ4n) is 2.34. The topological polar surface area (TPSA) is 58.5 Å². The van der Waals surface area contributed by atoms with Crippen molar-refractivity contribution < 1.29 is 4.74 Å².